The summed E-state index contributed by atoms with van der Waals surface area (Å²) in [6.45, 7) is 7.40. The summed E-state index contributed by atoms with van der Waals surface area (Å²) in [5.41, 5.74) is 1.48. The smallest absolute Gasteiger partial charge is 0.344 e. The van der Waals surface area contributed by atoms with E-state index in [1.807, 2.05) is 0 Å². The normalized spacial score (nSPS) is 29.4. The standard InChI is InChI=1S/C15H23N3O4/c1-4-9-22-11(3)12(19)17-18-13(20)15(16-14(18)21)7-5-10(2)6-8-15/h4,10-11H,1,5-9H2,2-3H3,(H,16,21)(H,17,19). The van der Waals surface area contributed by atoms with Gasteiger partial charge in [0, 0.05) is 0 Å². The second-order valence-electron chi connectivity index (χ2n) is 6.08. The van der Waals surface area contributed by atoms with Crippen molar-refractivity contribution in [2.75, 3.05) is 6.61 Å². The van der Waals surface area contributed by atoms with Gasteiger partial charge in [-0.1, -0.05) is 13.0 Å². The fourth-order valence-electron chi connectivity index (χ4n) is 2.80. The first-order valence-electron chi connectivity index (χ1n) is 7.59. The lowest BCUT2D eigenvalue weighted by atomic mass is 9.77. The Kier molecular flexibility index (Phi) is 4.85. The number of nitrogens with one attached hydrogen (secondary N) is 2. The molecule has 2 rings (SSSR count). The number of urea groups is 1. The zero-order chi connectivity index (χ0) is 16.3. The Morgan fingerprint density at radius 1 is 1.55 bits per heavy atom. The van der Waals surface area contributed by atoms with Gasteiger partial charge in [-0.2, -0.15) is 5.01 Å². The number of hydrogen-bond acceptors (Lipinski definition) is 4. The predicted octanol–water partition coefficient (Wildman–Crippen LogP) is 1.11. The summed E-state index contributed by atoms with van der Waals surface area (Å²) in [6.07, 6.45) is 3.72. The number of amides is 4. The molecule has 2 N–H and O–H groups in total. The third-order valence-corrected chi connectivity index (χ3v) is 4.34. The van der Waals surface area contributed by atoms with Crippen molar-refractivity contribution in [2.24, 2.45) is 5.92 Å². The van der Waals surface area contributed by atoms with Crippen molar-refractivity contribution >= 4 is 17.8 Å². The van der Waals surface area contributed by atoms with E-state index in [0.717, 1.165) is 17.9 Å². The summed E-state index contributed by atoms with van der Waals surface area (Å²) in [4.78, 5) is 36.6. The largest absolute Gasteiger partial charge is 0.365 e. The van der Waals surface area contributed by atoms with Crippen molar-refractivity contribution in [1.82, 2.24) is 15.8 Å². The highest BCUT2D eigenvalue weighted by molar-refractivity contribution is 6.08. The fraction of sp³-hybridized carbons (Fsp3) is 0.667. The summed E-state index contributed by atoms with van der Waals surface area (Å²) in [6, 6.07) is -0.580. The first-order valence-corrected chi connectivity index (χ1v) is 7.59. The monoisotopic (exact) mass is 309 g/mol. The number of nitrogens with zero attached hydrogens (tertiary/aromatic N) is 1. The molecule has 0 bridgehead atoms. The lowest BCUT2D eigenvalue weighted by molar-refractivity contribution is -0.144. The number of carbonyl (C=O) groups excluding carboxylic acids is 3. The van der Waals surface area contributed by atoms with E-state index >= 15 is 0 Å². The summed E-state index contributed by atoms with van der Waals surface area (Å²) >= 11 is 0. The third kappa shape index (κ3) is 3.14. The van der Waals surface area contributed by atoms with Crippen LogP contribution < -0.4 is 10.7 Å². The number of hydrazine groups is 1. The molecule has 1 saturated carbocycles. The molecule has 4 amide bonds. The third-order valence-electron chi connectivity index (χ3n) is 4.34. The molecule has 1 spiro atoms. The Labute approximate surface area is 130 Å². The number of carbonyl (C=O) groups is 3. The van der Waals surface area contributed by atoms with E-state index in [0.29, 0.717) is 18.8 Å². The van der Waals surface area contributed by atoms with E-state index in [2.05, 4.69) is 24.2 Å². The van der Waals surface area contributed by atoms with Crippen LogP contribution in [0.3, 0.4) is 0 Å². The molecule has 1 aliphatic heterocycles. The van der Waals surface area contributed by atoms with E-state index in [1.165, 1.54) is 6.08 Å². The van der Waals surface area contributed by atoms with Gasteiger partial charge in [-0.15, -0.1) is 6.58 Å². The van der Waals surface area contributed by atoms with Gasteiger partial charge in [0.2, 0.25) is 0 Å². The topological polar surface area (TPSA) is 87.7 Å². The molecule has 0 aromatic carbocycles. The van der Waals surface area contributed by atoms with Gasteiger partial charge < -0.3 is 10.1 Å². The summed E-state index contributed by atoms with van der Waals surface area (Å²) in [5.74, 6) is -0.369. The predicted molar refractivity (Wildman–Crippen MR) is 79.5 cm³/mol. The van der Waals surface area contributed by atoms with Crippen molar-refractivity contribution in [3.05, 3.63) is 12.7 Å². The van der Waals surface area contributed by atoms with Crippen LogP contribution in [-0.4, -0.2) is 41.1 Å². The molecular weight excluding hydrogens is 286 g/mol. The van der Waals surface area contributed by atoms with Crippen LogP contribution in [0.15, 0.2) is 12.7 Å². The second-order valence-corrected chi connectivity index (χ2v) is 6.08. The van der Waals surface area contributed by atoms with Crippen LogP contribution in [0.2, 0.25) is 0 Å². The number of imide groups is 1. The van der Waals surface area contributed by atoms with Gasteiger partial charge in [0.15, 0.2) is 0 Å². The molecule has 0 radical (unpaired) electrons. The van der Waals surface area contributed by atoms with E-state index in [4.69, 9.17) is 4.74 Å². The molecule has 2 aliphatic rings. The minimum atomic E-state index is -0.859. The molecule has 1 unspecified atom stereocenters. The Bertz CT molecular complexity index is 483. The van der Waals surface area contributed by atoms with Crippen molar-refractivity contribution < 1.29 is 19.1 Å². The highest BCUT2D eigenvalue weighted by Gasteiger charge is 2.53. The van der Waals surface area contributed by atoms with Gasteiger partial charge in [-0.3, -0.25) is 15.0 Å². The number of ether oxygens (including phenoxy) is 1. The Balaban J connectivity index is 2.00. The van der Waals surface area contributed by atoms with Crippen LogP contribution >= 0.6 is 0 Å². The summed E-state index contributed by atoms with van der Waals surface area (Å²) < 4.78 is 5.18. The van der Waals surface area contributed by atoms with E-state index in [9.17, 15) is 14.4 Å². The SMILES string of the molecule is C=CCOC(C)C(=O)NN1C(=O)NC2(CCC(C)CC2)C1=O. The van der Waals surface area contributed by atoms with Crippen LogP contribution in [0.25, 0.3) is 0 Å². The minimum Gasteiger partial charge on any atom is -0.365 e. The van der Waals surface area contributed by atoms with Crippen molar-refractivity contribution in [3.8, 4) is 0 Å². The molecular formula is C15H23N3O4. The van der Waals surface area contributed by atoms with Crippen LogP contribution in [0.4, 0.5) is 4.79 Å². The average Bonchev–Trinajstić information content (AvgIpc) is 2.72. The van der Waals surface area contributed by atoms with Gasteiger partial charge in [-0.05, 0) is 38.5 Å². The Morgan fingerprint density at radius 3 is 2.77 bits per heavy atom. The zero-order valence-corrected chi connectivity index (χ0v) is 13.1. The molecule has 7 nitrogen and oxygen atoms in total. The lowest BCUT2D eigenvalue weighted by Crippen LogP contribution is -2.53. The first kappa shape index (κ1) is 16.5. The number of hydrogen-bond donors (Lipinski definition) is 2. The van der Waals surface area contributed by atoms with E-state index in [-0.39, 0.29) is 12.5 Å². The molecule has 0 aromatic heterocycles. The maximum Gasteiger partial charge on any atom is 0.344 e. The fourth-order valence-corrected chi connectivity index (χ4v) is 2.80. The molecule has 2 fully saturated rings. The van der Waals surface area contributed by atoms with Crippen LogP contribution in [-0.2, 0) is 14.3 Å². The van der Waals surface area contributed by atoms with Crippen LogP contribution in [0.5, 0.6) is 0 Å². The van der Waals surface area contributed by atoms with Gasteiger partial charge >= 0.3 is 6.03 Å². The Hall–Kier alpha value is -1.89. The van der Waals surface area contributed by atoms with E-state index < -0.39 is 23.6 Å². The highest BCUT2D eigenvalue weighted by atomic mass is 16.5. The molecule has 1 saturated heterocycles. The summed E-state index contributed by atoms with van der Waals surface area (Å²) in [5, 5.41) is 3.53. The first-order chi connectivity index (χ1) is 10.4. The quantitative estimate of drug-likeness (QED) is 0.588. The maximum absolute atomic E-state index is 12.5. The molecule has 122 valence electrons. The maximum atomic E-state index is 12.5. The van der Waals surface area contributed by atoms with Gasteiger partial charge in [-0.25, -0.2) is 4.79 Å². The minimum absolute atomic E-state index is 0.219. The average molecular weight is 309 g/mol. The van der Waals surface area contributed by atoms with Gasteiger partial charge in [0.05, 0.1) is 6.61 Å². The molecule has 0 aromatic rings. The van der Waals surface area contributed by atoms with E-state index in [1.54, 1.807) is 6.92 Å². The number of rotatable bonds is 5. The molecule has 7 heteroatoms. The van der Waals surface area contributed by atoms with Gasteiger partial charge in [0.25, 0.3) is 11.8 Å². The second kappa shape index (κ2) is 6.48. The molecule has 1 atom stereocenters. The van der Waals surface area contributed by atoms with Crippen LogP contribution in [0.1, 0.15) is 39.5 Å². The lowest BCUT2D eigenvalue weighted by Gasteiger charge is -2.33. The van der Waals surface area contributed by atoms with Gasteiger partial charge in [0.1, 0.15) is 11.6 Å². The highest BCUT2D eigenvalue weighted by Crippen LogP contribution is 2.35. The van der Waals surface area contributed by atoms with Crippen molar-refractivity contribution in [1.29, 1.82) is 0 Å². The van der Waals surface area contributed by atoms with Crippen LogP contribution in [0, 0.1) is 5.92 Å². The Morgan fingerprint density at radius 2 is 2.18 bits per heavy atom. The van der Waals surface area contributed by atoms with Crippen molar-refractivity contribution in [3.63, 3.8) is 0 Å². The molecule has 1 aliphatic carbocycles. The zero-order valence-electron chi connectivity index (χ0n) is 13.1. The summed E-state index contributed by atoms with van der Waals surface area (Å²) in [7, 11) is 0. The van der Waals surface area contributed by atoms with Crippen molar-refractivity contribution in [2.45, 2.75) is 51.2 Å². The molecule has 1 heterocycles. The molecule has 22 heavy (non-hydrogen) atoms.